The van der Waals surface area contributed by atoms with Crippen molar-refractivity contribution in [3.8, 4) is 11.8 Å². The fourth-order valence-electron chi connectivity index (χ4n) is 1.71. The lowest BCUT2D eigenvalue weighted by Crippen LogP contribution is -2.31. The van der Waals surface area contributed by atoms with E-state index in [0.29, 0.717) is 0 Å². The van der Waals surface area contributed by atoms with Crippen LogP contribution in [0.5, 0.6) is 0 Å². The third-order valence-corrected chi connectivity index (χ3v) is 2.32. The summed E-state index contributed by atoms with van der Waals surface area (Å²) in [5.41, 5.74) is 0. The molecule has 2 heteroatoms. The second kappa shape index (κ2) is 5.18. The first-order chi connectivity index (χ1) is 5.83. The molecule has 1 rings (SSSR count). The van der Waals surface area contributed by atoms with Crippen molar-refractivity contribution >= 4 is 0 Å². The second-order valence-corrected chi connectivity index (χ2v) is 3.49. The van der Waals surface area contributed by atoms with Crippen LogP contribution < -0.4 is 0 Å². The fraction of sp³-hybridized carbons (Fsp3) is 0.800. The Morgan fingerprint density at radius 2 is 2.33 bits per heavy atom. The van der Waals surface area contributed by atoms with Gasteiger partial charge in [0.05, 0.1) is 0 Å². The van der Waals surface area contributed by atoms with E-state index in [4.69, 9.17) is 5.11 Å². The normalized spacial score (nSPS) is 24.7. The Labute approximate surface area is 74.6 Å². The first kappa shape index (κ1) is 9.57. The Kier molecular flexibility index (Phi) is 4.13. The van der Waals surface area contributed by atoms with Crippen molar-refractivity contribution in [1.29, 1.82) is 0 Å². The number of aliphatic hydroxyl groups excluding tert-OH is 1. The van der Waals surface area contributed by atoms with Crippen LogP contribution in [0.3, 0.4) is 0 Å². The van der Waals surface area contributed by atoms with Crippen LogP contribution in [-0.2, 0) is 0 Å². The minimum Gasteiger partial charge on any atom is -0.384 e. The van der Waals surface area contributed by atoms with E-state index in [1.54, 1.807) is 0 Å². The topological polar surface area (TPSA) is 23.5 Å². The molecule has 1 heterocycles. The van der Waals surface area contributed by atoms with Crippen LogP contribution in [0.1, 0.15) is 19.3 Å². The lowest BCUT2D eigenvalue weighted by Gasteiger charge is -2.28. The summed E-state index contributed by atoms with van der Waals surface area (Å²) >= 11 is 0. The van der Waals surface area contributed by atoms with E-state index in [2.05, 4.69) is 23.8 Å². The van der Waals surface area contributed by atoms with Gasteiger partial charge in [-0.3, -0.25) is 0 Å². The van der Waals surface area contributed by atoms with Crippen molar-refractivity contribution < 1.29 is 5.11 Å². The predicted molar refractivity (Wildman–Crippen MR) is 49.7 cm³/mol. The van der Waals surface area contributed by atoms with Gasteiger partial charge in [0.1, 0.15) is 6.61 Å². The molecule has 1 N–H and O–H groups in total. The van der Waals surface area contributed by atoms with Gasteiger partial charge in [-0.15, -0.1) is 5.92 Å². The SMILES string of the molecule is CN1CCCC(CC#CCO)C1. The maximum Gasteiger partial charge on any atom is 0.104 e. The highest BCUT2D eigenvalue weighted by atomic mass is 16.2. The number of nitrogens with zero attached hydrogens (tertiary/aromatic N) is 1. The molecule has 68 valence electrons. The van der Waals surface area contributed by atoms with Crippen molar-refractivity contribution in [3.63, 3.8) is 0 Å². The van der Waals surface area contributed by atoms with E-state index >= 15 is 0 Å². The van der Waals surface area contributed by atoms with Crippen LogP contribution in [0.25, 0.3) is 0 Å². The maximum atomic E-state index is 8.46. The first-order valence-corrected chi connectivity index (χ1v) is 4.58. The van der Waals surface area contributed by atoms with Crippen LogP contribution in [-0.4, -0.2) is 36.8 Å². The molecule has 1 saturated heterocycles. The Balaban J connectivity index is 2.22. The average Bonchev–Trinajstić information content (AvgIpc) is 2.05. The zero-order valence-electron chi connectivity index (χ0n) is 7.71. The van der Waals surface area contributed by atoms with E-state index < -0.39 is 0 Å². The summed E-state index contributed by atoms with van der Waals surface area (Å²) < 4.78 is 0. The van der Waals surface area contributed by atoms with Gasteiger partial charge in [0.15, 0.2) is 0 Å². The molecular weight excluding hydrogens is 150 g/mol. The number of hydrogen-bond acceptors (Lipinski definition) is 2. The highest BCUT2D eigenvalue weighted by molar-refractivity contribution is 5.00. The van der Waals surface area contributed by atoms with Crippen molar-refractivity contribution in [2.24, 2.45) is 5.92 Å². The van der Waals surface area contributed by atoms with Crippen molar-refractivity contribution in [1.82, 2.24) is 4.90 Å². The predicted octanol–water partition coefficient (Wildman–Crippen LogP) is 0.714. The van der Waals surface area contributed by atoms with Gasteiger partial charge >= 0.3 is 0 Å². The first-order valence-electron chi connectivity index (χ1n) is 4.58. The van der Waals surface area contributed by atoms with Crippen LogP contribution in [0.15, 0.2) is 0 Å². The minimum atomic E-state index is 0.00254. The lowest BCUT2D eigenvalue weighted by atomic mass is 9.95. The minimum absolute atomic E-state index is 0.00254. The highest BCUT2D eigenvalue weighted by Crippen LogP contribution is 2.17. The summed E-state index contributed by atoms with van der Waals surface area (Å²) in [7, 11) is 2.16. The van der Waals surface area contributed by atoms with Gasteiger partial charge in [0.2, 0.25) is 0 Å². The third kappa shape index (κ3) is 3.25. The number of piperidine rings is 1. The standard InChI is InChI=1S/C10H17NO/c1-11-7-4-6-10(9-11)5-2-3-8-12/h10,12H,4-9H2,1H3. The number of rotatable bonds is 1. The molecule has 2 nitrogen and oxygen atoms in total. The summed E-state index contributed by atoms with van der Waals surface area (Å²) in [6, 6.07) is 0. The average molecular weight is 167 g/mol. The van der Waals surface area contributed by atoms with Gasteiger partial charge in [-0.2, -0.15) is 0 Å². The molecule has 1 fully saturated rings. The summed E-state index contributed by atoms with van der Waals surface area (Å²) in [5.74, 6) is 6.42. The van der Waals surface area contributed by atoms with Crippen molar-refractivity contribution in [2.75, 3.05) is 26.7 Å². The highest BCUT2D eigenvalue weighted by Gasteiger charge is 2.15. The summed E-state index contributed by atoms with van der Waals surface area (Å²) in [4.78, 5) is 2.36. The molecule has 0 bridgehead atoms. The Morgan fingerprint density at radius 3 is 3.00 bits per heavy atom. The molecule has 1 aliphatic heterocycles. The largest absolute Gasteiger partial charge is 0.384 e. The smallest absolute Gasteiger partial charge is 0.104 e. The Bertz CT molecular complexity index is 180. The molecule has 12 heavy (non-hydrogen) atoms. The molecule has 0 amide bonds. The van der Waals surface area contributed by atoms with Crippen LogP contribution in [0, 0.1) is 17.8 Å². The van der Waals surface area contributed by atoms with Gasteiger partial charge < -0.3 is 10.0 Å². The molecule has 1 aliphatic rings. The molecule has 0 spiro atoms. The van der Waals surface area contributed by atoms with Gasteiger partial charge in [0, 0.05) is 13.0 Å². The molecule has 0 aromatic carbocycles. The monoisotopic (exact) mass is 167 g/mol. The molecule has 0 aromatic rings. The zero-order chi connectivity index (χ0) is 8.81. The third-order valence-electron chi connectivity index (χ3n) is 2.32. The van der Waals surface area contributed by atoms with Gasteiger partial charge in [-0.25, -0.2) is 0 Å². The number of hydrogen-bond donors (Lipinski definition) is 1. The molecule has 0 aliphatic carbocycles. The number of likely N-dealkylation sites (tertiary alicyclic amines) is 1. The van der Waals surface area contributed by atoms with E-state index in [9.17, 15) is 0 Å². The molecular formula is C10H17NO. The van der Waals surface area contributed by atoms with Crippen molar-refractivity contribution in [2.45, 2.75) is 19.3 Å². The van der Waals surface area contributed by atoms with Crippen LogP contribution >= 0.6 is 0 Å². The van der Waals surface area contributed by atoms with Crippen molar-refractivity contribution in [3.05, 3.63) is 0 Å². The lowest BCUT2D eigenvalue weighted by molar-refractivity contribution is 0.212. The second-order valence-electron chi connectivity index (χ2n) is 3.49. The molecule has 0 radical (unpaired) electrons. The zero-order valence-corrected chi connectivity index (χ0v) is 7.71. The molecule has 0 aromatic heterocycles. The molecule has 1 atom stereocenters. The Morgan fingerprint density at radius 1 is 1.50 bits per heavy atom. The molecule has 1 unspecified atom stereocenters. The fourth-order valence-corrected chi connectivity index (χ4v) is 1.71. The van der Waals surface area contributed by atoms with E-state index in [0.717, 1.165) is 12.3 Å². The van der Waals surface area contributed by atoms with Crippen LogP contribution in [0.2, 0.25) is 0 Å². The molecule has 0 saturated carbocycles. The maximum absolute atomic E-state index is 8.46. The Hall–Kier alpha value is -0.520. The summed E-state index contributed by atoms with van der Waals surface area (Å²) in [6.45, 7) is 2.40. The summed E-state index contributed by atoms with van der Waals surface area (Å²) in [6.07, 6.45) is 3.54. The van der Waals surface area contributed by atoms with Gasteiger partial charge in [-0.05, 0) is 32.4 Å². The van der Waals surface area contributed by atoms with Gasteiger partial charge in [0.25, 0.3) is 0 Å². The van der Waals surface area contributed by atoms with Crippen LogP contribution in [0.4, 0.5) is 0 Å². The van der Waals surface area contributed by atoms with E-state index in [-0.39, 0.29) is 6.61 Å². The quantitative estimate of drug-likeness (QED) is 0.581. The number of aliphatic hydroxyl groups is 1. The van der Waals surface area contributed by atoms with E-state index in [1.165, 1.54) is 25.9 Å². The van der Waals surface area contributed by atoms with E-state index in [1.807, 2.05) is 0 Å². The van der Waals surface area contributed by atoms with Gasteiger partial charge in [-0.1, -0.05) is 5.92 Å². The summed E-state index contributed by atoms with van der Waals surface area (Å²) in [5, 5.41) is 8.46.